The predicted octanol–water partition coefficient (Wildman–Crippen LogP) is 3.66. The van der Waals surface area contributed by atoms with Gasteiger partial charge < -0.3 is 9.88 Å². The summed E-state index contributed by atoms with van der Waals surface area (Å²) in [7, 11) is 1.94. The molecule has 0 aliphatic heterocycles. The van der Waals surface area contributed by atoms with E-state index in [9.17, 15) is 10.1 Å². The highest BCUT2D eigenvalue weighted by Crippen LogP contribution is 2.27. The van der Waals surface area contributed by atoms with Crippen LogP contribution < -0.4 is 5.32 Å². The minimum Gasteiger partial charge on any atom is -0.364 e. The van der Waals surface area contributed by atoms with E-state index in [2.05, 4.69) is 10.3 Å². The first kappa shape index (κ1) is 16.7. The maximum atomic E-state index is 11.2. The Morgan fingerprint density at radius 1 is 1.44 bits per heavy atom. The summed E-state index contributed by atoms with van der Waals surface area (Å²) in [6, 6.07) is 8.85. The van der Waals surface area contributed by atoms with Gasteiger partial charge >= 0.3 is 5.69 Å². The number of hydrogen-bond donors (Lipinski definition) is 1. The molecule has 2 aromatic heterocycles. The highest BCUT2D eigenvalue weighted by Gasteiger charge is 2.20. The molecule has 8 heteroatoms. The van der Waals surface area contributed by atoms with Gasteiger partial charge in [0.2, 0.25) is 5.82 Å². The predicted molar refractivity (Wildman–Crippen MR) is 95.7 cm³/mol. The Balaban J connectivity index is 1.81. The van der Waals surface area contributed by atoms with Gasteiger partial charge in [-0.25, -0.2) is 4.98 Å². The Morgan fingerprint density at radius 3 is 2.96 bits per heavy atom. The van der Waals surface area contributed by atoms with Gasteiger partial charge in [-0.05, 0) is 30.2 Å². The van der Waals surface area contributed by atoms with E-state index in [0.717, 1.165) is 16.5 Å². The second-order valence-electron chi connectivity index (χ2n) is 5.53. The number of nitriles is 1. The smallest absolute Gasteiger partial charge is 0.328 e. The van der Waals surface area contributed by atoms with Gasteiger partial charge in [0.05, 0.1) is 4.92 Å². The van der Waals surface area contributed by atoms with Crippen molar-refractivity contribution in [3.63, 3.8) is 0 Å². The molecule has 0 radical (unpaired) electrons. The number of aryl methyl sites for hydroxylation is 1. The van der Waals surface area contributed by atoms with E-state index in [1.54, 1.807) is 0 Å². The zero-order valence-corrected chi connectivity index (χ0v) is 14.1. The average molecular weight is 356 g/mol. The van der Waals surface area contributed by atoms with Crippen LogP contribution in [0.25, 0.3) is 10.9 Å². The monoisotopic (exact) mass is 355 g/mol. The topological polar surface area (TPSA) is 96.8 Å². The molecule has 1 aromatic carbocycles. The molecule has 3 aromatic rings. The first-order chi connectivity index (χ1) is 12.0. The summed E-state index contributed by atoms with van der Waals surface area (Å²) in [6.45, 7) is 0.449. The molecule has 126 valence electrons. The van der Waals surface area contributed by atoms with Crippen LogP contribution in [-0.4, -0.2) is 21.0 Å². The second-order valence-corrected chi connectivity index (χ2v) is 5.96. The van der Waals surface area contributed by atoms with Gasteiger partial charge in [0.25, 0.3) is 0 Å². The van der Waals surface area contributed by atoms with E-state index >= 15 is 0 Å². The number of pyridine rings is 1. The fourth-order valence-corrected chi connectivity index (χ4v) is 2.98. The third kappa shape index (κ3) is 3.25. The molecule has 1 N–H and O–H groups in total. The summed E-state index contributed by atoms with van der Waals surface area (Å²) < 4.78 is 1.99. The first-order valence-corrected chi connectivity index (χ1v) is 7.90. The number of rotatable bonds is 5. The van der Waals surface area contributed by atoms with Gasteiger partial charge in [0.15, 0.2) is 0 Å². The van der Waals surface area contributed by atoms with Crippen LogP contribution in [0.3, 0.4) is 0 Å². The number of nitro groups is 1. The van der Waals surface area contributed by atoms with Crippen LogP contribution in [0.1, 0.15) is 11.1 Å². The molecule has 0 saturated heterocycles. The Bertz CT molecular complexity index is 1010. The molecular weight excluding hydrogens is 342 g/mol. The molecule has 0 amide bonds. The SMILES string of the molecule is Cn1cc(CCNc2nccc(C#N)c2[N+](=O)[O-])c2ccc(Cl)cc21. The van der Waals surface area contributed by atoms with Crippen molar-refractivity contribution in [3.8, 4) is 6.07 Å². The lowest BCUT2D eigenvalue weighted by Gasteiger charge is -2.06. The number of nitrogens with one attached hydrogen (secondary N) is 1. The zero-order valence-electron chi connectivity index (χ0n) is 13.4. The van der Waals surface area contributed by atoms with Crippen LogP contribution in [0.4, 0.5) is 11.5 Å². The molecule has 0 bridgehead atoms. The molecule has 0 saturated carbocycles. The summed E-state index contributed by atoms with van der Waals surface area (Å²) in [6.07, 6.45) is 4.04. The summed E-state index contributed by atoms with van der Waals surface area (Å²) in [5.41, 5.74) is 1.82. The quantitative estimate of drug-likeness (QED) is 0.556. The molecule has 0 spiro atoms. The molecule has 2 heterocycles. The maximum Gasteiger partial charge on any atom is 0.328 e. The lowest BCUT2D eigenvalue weighted by Crippen LogP contribution is -2.09. The summed E-state index contributed by atoms with van der Waals surface area (Å²) in [5.74, 6) is 0.104. The zero-order chi connectivity index (χ0) is 18.0. The van der Waals surface area contributed by atoms with Crippen molar-refractivity contribution < 1.29 is 4.92 Å². The highest BCUT2D eigenvalue weighted by atomic mass is 35.5. The van der Waals surface area contributed by atoms with Crippen LogP contribution in [0.5, 0.6) is 0 Å². The number of anilines is 1. The Labute approximate surface area is 148 Å². The van der Waals surface area contributed by atoms with Gasteiger partial charge in [-0.1, -0.05) is 17.7 Å². The number of halogens is 1. The Morgan fingerprint density at radius 2 is 2.24 bits per heavy atom. The Hall–Kier alpha value is -3.11. The van der Waals surface area contributed by atoms with E-state index in [1.807, 2.05) is 42.1 Å². The summed E-state index contributed by atoms with van der Waals surface area (Å²) in [5, 5.41) is 24.9. The molecule has 0 aliphatic carbocycles. The van der Waals surface area contributed by atoms with E-state index in [1.165, 1.54) is 12.3 Å². The number of nitrogens with zero attached hydrogens (tertiary/aromatic N) is 4. The van der Waals surface area contributed by atoms with E-state index in [0.29, 0.717) is 18.0 Å². The molecule has 25 heavy (non-hydrogen) atoms. The normalized spacial score (nSPS) is 10.6. The van der Waals surface area contributed by atoms with E-state index in [4.69, 9.17) is 16.9 Å². The van der Waals surface area contributed by atoms with Crippen molar-refractivity contribution in [2.45, 2.75) is 6.42 Å². The van der Waals surface area contributed by atoms with Gasteiger partial charge in [0.1, 0.15) is 11.6 Å². The van der Waals surface area contributed by atoms with Gasteiger partial charge in [-0.3, -0.25) is 10.1 Å². The standard InChI is InChI=1S/C17H14ClN5O2/c1-22-10-12(14-3-2-13(18)8-15(14)22)5-7-21-17-16(23(24)25)11(9-19)4-6-20-17/h2-4,6,8,10H,5,7H2,1H3,(H,20,21). The lowest BCUT2D eigenvalue weighted by atomic mass is 10.1. The molecular formula is C17H14ClN5O2. The van der Waals surface area contributed by atoms with Crippen LogP contribution in [0.2, 0.25) is 5.02 Å². The third-order valence-corrected chi connectivity index (χ3v) is 4.18. The maximum absolute atomic E-state index is 11.2. The number of fused-ring (bicyclic) bond motifs is 1. The largest absolute Gasteiger partial charge is 0.364 e. The molecule has 7 nitrogen and oxygen atoms in total. The van der Waals surface area contributed by atoms with Crippen molar-refractivity contribution in [2.75, 3.05) is 11.9 Å². The number of aromatic nitrogens is 2. The highest BCUT2D eigenvalue weighted by molar-refractivity contribution is 6.31. The van der Waals surface area contributed by atoms with Crippen molar-refractivity contribution in [1.82, 2.24) is 9.55 Å². The van der Waals surface area contributed by atoms with Crippen molar-refractivity contribution in [3.05, 3.63) is 62.9 Å². The second kappa shape index (κ2) is 6.79. The van der Waals surface area contributed by atoms with Gasteiger partial charge in [-0.2, -0.15) is 5.26 Å². The van der Waals surface area contributed by atoms with Gasteiger partial charge in [-0.15, -0.1) is 0 Å². The first-order valence-electron chi connectivity index (χ1n) is 7.52. The van der Waals surface area contributed by atoms with E-state index in [-0.39, 0.29) is 17.1 Å². The van der Waals surface area contributed by atoms with Crippen LogP contribution in [0, 0.1) is 21.4 Å². The van der Waals surface area contributed by atoms with Crippen LogP contribution in [-0.2, 0) is 13.5 Å². The van der Waals surface area contributed by atoms with Crippen molar-refractivity contribution >= 4 is 34.0 Å². The van der Waals surface area contributed by atoms with Crippen molar-refractivity contribution in [1.29, 1.82) is 5.26 Å². The average Bonchev–Trinajstić information content (AvgIpc) is 2.90. The van der Waals surface area contributed by atoms with Crippen LogP contribution >= 0.6 is 11.6 Å². The number of benzene rings is 1. The molecule has 0 unspecified atom stereocenters. The molecule has 0 aliphatic rings. The molecule has 3 rings (SSSR count). The van der Waals surface area contributed by atoms with E-state index < -0.39 is 4.92 Å². The van der Waals surface area contributed by atoms with Gasteiger partial charge in [0, 0.05) is 41.9 Å². The fourth-order valence-electron chi connectivity index (χ4n) is 2.81. The minimum absolute atomic E-state index is 0.0118. The molecule has 0 atom stereocenters. The Kier molecular flexibility index (Phi) is 4.55. The molecule has 0 fully saturated rings. The number of hydrogen-bond acceptors (Lipinski definition) is 5. The van der Waals surface area contributed by atoms with Crippen LogP contribution in [0.15, 0.2) is 36.7 Å². The minimum atomic E-state index is -0.589. The lowest BCUT2D eigenvalue weighted by molar-refractivity contribution is -0.384. The fraction of sp³-hybridized carbons (Fsp3) is 0.176. The van der Waals surface area contributed by atoms with Crippen molar-refractivity contribution in [2.24, 2.45) is 7.05 Å². The third-order valence-electron chi connectivity index (χ3n) is 3.95. The summed E-state index contributed by atoms with van der Waals surface area (Å²) >= 11 is 6.04. The summed E-state index contributed by atoms with van der Waals surface area (Å²) in [4.78, 5) is 14.6.